The summed E-state index contributed by atoms with van der Waals surface area (Å²) in [7, 11) is 0. The van der Waals surface area contributed by atoms with E-state index in [2.05, 4.69) is 59.7 Å². The summed E-state index contributed by atoms with van der Waals surface area (Å²) in [5, 5.41) is 12.1. The summed E-state index contributed by atoms with van der Waals surface area (Å²) in [6.07, 6.45) is 6.05. The zero-order valence-electron chi connectivity index (χ0n) is 23.1. The fourth-order valence-electron chi connectivity index (χ4n) is 5.25. The zero-order chi connectivity index (χ0) is 28.7. The molecule has 1 aliphatic heterocycles. The molecule has 0 aliphatic carbocycles. The number of rotatable bonds is 6. The molecular formula is C29H30N10O2. The molecule has 0 fully saturated rings. The molecule has 208 valence electrons. The quantitative estimate of drug-likeness (QED) is 0.291. The van der Waals surface area contributed by atoms with Crippen LogP contribution in [0.3, 0.4) is 0 Å². The first kappa shape index (κ1) is 26.1. The van der Waals surface area contributed by atoms with Crippen LogP contribution in [-0.4, -0.2) is 64.5 Å². The molecule has 0 radical (unpaired) electrons. The number of hydrogen-bond donors (Lipinski definition) is 3. The topological polar surface area (TPSA) is 161 Å². The summed E-state index contributed by atoms with van der Waals surface area (Å²) < 4.78 is 1.95. The Morgan fingerprint density at radius 3 is 2.73 bits per heavy atom. The van der Waals surface area contributed by atoms with E-state index in [-0.39, 0.29) is 11.8 Å². The first-order chi connectivity index (χ1) is 19.8. The lowest BCUT2D eigenvalue weighted by Crippen LogP contribution is -2.32. The van der Waals surface area contributed by atoms with Crippen molar-refractivity contribution in [2.45, 2.75) is 40.3 Å². The van der Waals surface area contributed by atoms with Gasteiger partial charge in [-0.2, -0.15) is 10.2 Å². The van der Waals surface area contributed by atoms with Gasteiger partial charge in [0.1, 0.15) is 11.8 Å². The highest BCUT2D eigenvalue weighted by molar-refractivity contribution is 5.95. The first-order valence-electron chi connectivity index (χ1n) is 13.4. The molecule has 4 N–H and O–H groups in total. The lowest BCUT2D eigenvalue weighted by atomic mass is 9.96. The van der Waals surface area contributed by atoms with Crippen molar-refractivity contribution in [2.75, 3.05) is 18.8 Å². The number of nitrogens with zero attached hydrogens (tertiary/aromatic N) is 7. The maximum absolute atomic E-state index is 12.9. The van der Waals surface area contributed by atoms with Crippen molar-refractivity contribution in [3.63, 3.8) is 0 Å². The van der Waals surface area contributed by atoms with E-state index in [1.54, 1.807) is 26.2 Å². The molecule has 1 aliphatic rings. The normalized spacial score (nSPS) is 13.5. The number of aromatic amines is 1. The maximum Gasteiger partial charge on any atom is 0.253 e. The highest BCUT2D eigenvalue weighted by Crippen LogP contribution is 2.30. The molecule has 6 rings (SSSR count). The largest absolute Gasteiger partial charge is 0.382 e. The second kappa shape index (κ2) is 10.5. The van der Waals surface area contributed by atoms with Crippen LogP contribution < -0.4 is 11.1 Å². The lowest BCUT2D eigenvalue weighted by molar-refractivity contribution is -0.128. The number of carbonyl (C=O) groups excluding carboxylic acids is 2. The van der Waals surface area contributed by atoms with E-state index in [1.807, 2.05) is 16.4 Å². The van der Waals surface area contributed by atoms with Crippen LogP contribution in [0.4, 0.5) is 5.82 Å². The van der Waals surface area contributed by atoms with Gasteiger partial charge < -0.3 is 25.5 Å². The molecule has 5 heterocycles. The van der Waals surface area contributed by atoms with Crippen LogP contribution in [-0.2, 0) is 17.9 Å². The average molecular weight is 551 g/mol. The Morgan fingerprint density at radius 1 is 1.10 bits per heavy atom. The van der Waals surface area contributed by atoms with Crippen molar-refractivity contribution < 1.29 is 9.59 Å². The Labute approximate surface area is 235 Å². The average Bonchev–Trinajstić information content (AvgIpc) is 3.58. The Hall–Kier alpha value is -5.13. The molecule has 0 saturated heterocycles. The number of hydrogen-bond acceptors (Lipinski definition) is 8. The number of aryl methyl sites for hydroxylation is 2. The van der Waals surface area contributed by atoms with Crippen molar-refractivity contribution in [1.29, 1.82) is 0 Å². The van der Waals surface area contributed by atoms with Crippen molar-refractivity contribution in [3.8, 4) is 0 Å². The Morgan fingerprint density at radius 2 is 1.95 bits per heavy atom. The summed E-state index contributed by atoms with van der Waals surface area (Å²) in [5.41, 5.74) is 14.2. The number of amides is 2. The van der Waals surface area contributed by atoms with Crippen molar-refractivity contribution in [2.24, 2.45) is 0 Å². The van der Waals surface area contributed by atoms with Gasteiger partial charge in [0.05, 0.1) is 41.9 Å². The predicted octanol–water partition coefficient (Wildman–Crippen LogP) is 2.91. The third-order valence-electron chi connectivity index (χ3n) is 7.45. The van der Waals surface area contributed by atoms with Gasteiger partial charge in [-0.25, -0.2) is 15.0 Å². The number of nitrogens with two attached hydrogens (primary N) is 1. The second-order valence-electron chi connectivity index (χ2n) is 10.3. The second-order valence-corrected chi connectivity index (χ2v) is 10.3. The Kier molecular flexibility index (Phi) is 6.66. The molecule has 0 bridgehead atoms. The number of H-pyrrole nitrogens is 1. The van der Waals surface area contributed by atoms with Gasteiger partial charge in [0.2, 0.25) is 5.91 Å². The van der Waals surface area contributed by atoms with E-state index in [0.717, 1.165) is 34.1 Å². The lowest BCUT2D eigenvalue weighted by Gasteiger charge is -2.25. The molecule has 2 amide bonds. The van der Waals surface area contributed by atoms with E-state index in [0.29, 0.717) is 60.1 Å². The summed E-state index contributed by atoms with van der Waals surface area (Å²) in [4.78, 5) is 43.0. The van der Waals surface area contributed by atoms with Crippen LogP contribution in [0.2, 0.25) is 0 Å². The van der Waals surface area contributed by atoms with E-state index in [4.69, 9.17) is 5.73 Å². The van der Waals surface area contributed by atoms with Crippen LogP contribution in [0.25, 0.3) is 27.6 Å². The van der Waals surface area contributed by atoms with Crippen LogP contribution in [0.15, 0.2) is 43.0 Å². The number of benzene rings is 1. The minimum absolute atomic E-state index is 0.0786. The number of nitrogen functional groups attached to an aromatic ring is 1. The monoisotopic (exact) mass is 550 g/mol. The predicted molar refractivity (Wildman–Crippen MR) is 155 cm³/mol. The molecule has 41 heavy (non-hydrogen) atoms. The molecule has 0 unspecified atom stereocenters. The molecular weight excluding hydrogens is 520 g/mol. The number of fused-ring (bicyclic) bond motifs is 2. The van der Waals surface area contributed by atoms with E-state index >= 15 is 0 Å². The van der Waals surface area contributed by atoms with Crippen LogP contribution in [0.1, 0.15) is 51.9 Å². The van der Waals surface area contributed by atoms with Gasteiger partial charge in [0.15, 0.2) is 11.5 Å². The van der Waals surface area contributed by atoms with Crippen molar-refractivity contribution in [1.82, 2.24) is 44.9 Å². The Balaban J connectivity index is 1.35. The van der Waals surface area contributed by atoms with Crippen molar-refractivity contribution in [3.05, 3.63) is 76.8 Å². The molecule has 0 atom stereocenters. The number of aromatic nitrogens is 7. The third kappa shape index (κ3) is 5.11. The number of nitrogens with one attached hydrogen (secondary N) is 2. The van der Waals surface area contributed by atoms with E-state index in [9.17, 15) is 9.59 Å². The highest BCUT2D eigenvalue weighted by Gasteiger charge is 2.18. The Bertz CT molecular complexity index is 1850. The molecule has 0 saturated carbocycles. The standard InChI is InChI=1S/C29H30N10O2/c1-16-8-24(17(2)37-36-16)29(41)31-12-23-11-21-9-20(19-4-6-38(7-5-19)18(3)40)10-22(25(21)35-23)13-39-15-34-26-27(30)32-14-33-28(26)39/h4,8-11,14-15,35H,5-7,12-13H2,1-3H3,(H,31,41)(H2,30,32,33). The smallest absolute Gasteiger partial charge is 0.253 e. The SMILES string of the molecule is CC(=O)N1CC=C(c2cc(Cn3cnc4c(N)ncnc43)c3[nH]c(CNC(=O)c4cc(C)nnc4C)cc3c2)CC1. The first-order valence-corrected chi connectivity index (χ1v) is 13.4. The molecule has 4 aromatic heterocycles. The maximum atomic E-state index is 12.9. The molecule has 12 heteroatoms. The van der Waals surface area contributed by atoms with Gasteiger partial charge in [-0.05, 0) is 61.2 Å². The summed E-state index contributed by atoms with van der Waals surface area (Å²) in [6, 6.07) is 8.12. The van der Waals surface area contributed by atoms with Gasteiger partial charge in [-0.15, -0.1) is 0 Å². The summed E-state index contributed by atoms with van der Waals surface area (Å²) >= 11 is 0. The highest BCUT2D eigenvalue weighted by atomic mass is 16.2. The molecule has 5 aromatic rings. The number of anilines is 1. The third-order valence-corrected chi connectivity index (χ3v) is 7.45. The van der Waals surface area contributed by atoms with Crippen LogP contribution >= 0.6 is 0 Å². The molecule has 12 nitrogen and oxygen atoms in total. The summed E-state index contributed by atoms with van der Waals surface area (Å²) in [6.45, 7) is 7.27. The minimum Gasteiger partial charge on any atom is -0.382 e. The molecule has 1 aromatic carbocycles. The van der Waals surface area contributed by atoms with Gasteiger partial charge in [-0.1, -0.05) is 6.08 Å². The number of imidazole rings is 1. The number of carbonyl (C=O) groups is 2. The van der Waals surface area contributed by atoms with E-state index < -0.39 is 0 Å². The van der Waals surface area contributed by atoms with Gasteiger partial charge in [0.25, 0.3) is 5.91 Å². The van der Waals surface area contributed by atoms with Gasteiger partial charge in [0, 0.05) is 31.1 Å². The summed E-state index contributed by atoms with van der Waals surface area (Å²) in [5.74, 6) is 0.210. The minimum atomic E-state index is -0.204. The fourth-order valence-corrected chi connectivity index (χ4v) is 5.25. The zero-order valence-corrected chi connectivity index (χ0v) is 23.1. The van der Waals surface area contributed by atoms with Crippen LogP contribution in [0.5, 0.6) is 0 Å². The van der Waals surface area contributed by atoms with Crippen LogP contribution in [0, 0.1) is 13.8 Å². The van der Waals surface area contributed by atoms with Gasteiger partial charge in [-0.3, -0.25) is 9.59 Å². The molecule has 0 spiro atoms. The van der Waals surface area contributed by atoms with E-state index in [1.165, 1.54) is 11.9 Å². The van der Waals surface area contributed by atoms with Gasteiger partial charge >= 0.3 is 0 Å². The van der Waals surface area contributed by atoms with Crippen molar-refractivity contribution >= 4 is 45.3 Å². The fraction of sp³-hybridized carbons (Fsp3) is 0.276.